The highest BCUT2D eigenvalue weighted by molar-refractivity contribution is 7.89. The Bertz CT molecular complexity index is 324. The van der Waals surface area contributed by atoms with Gasteiger partial charge in [-0.05, 0) is 19.3 Å². The zero-order valence-electron chi connectivity index (χ0n) is 9.19. The molecule has 1 heterocycles. The van der Waals surface area contributed by atoms with Gasteiger partial charge in [-0.25, -0.2) is 12.7 Å². The van der Waals surface area contributed by atoms with Crippen LogP contribution in [-0.4, -0.2) is 45.0 Å². The lowest BCUT2D eigenvalue weighted by atomic mass is 9.96. The van der Waals surface area contributed by atoms with Crippen molar-refractivity contribution in [2.24, 2.45) is 5.92 Å². The highest BCUT2D eigenvalue weighted by Crippen LogP contribution is 2.16. The first kappa shape index (κ1) is 12.4. The predicted octanol–water partition coefficient (Wildman–Crippen LogP) is -0.206. The Kier molecular flexibility index (Phi) is 4.10. The van der Waals surface area contributed by atoms with E-state index in [2.05, 4.69) is 5.32 Å². The van der Waals surface area contributed by atoms with Crippen LogP contribution in [0.5, 0.6) is 0 Å². The fourth-order valence-corrected chi connectivity index (χ4v) is 2.53. The Morgan fingerprint density at radius 1 is 1.47 bits per heavy atom. The maximum absolute atomic E-state index is 11.5. The first-order chi connectivity index (χ1) is 6.93. The topological polar surface area (TPSA) is 66.5 Å². The van der Waals surface area contributed by atoms with E-state index in [-0.39, 0.29) is 17.6 Å². The Hall–Kier alpha value is -0.620. The number of sulfonamides is 1. The number of hydrogen-bond acceptors (Lipinski definition) is 3. The van der Waals surface area contributed by atoms with Crippen LogP contribution in [-0.2, 0) is 14.8 Å². The van der Waals surface area contributed by atoms with Crippen LogP contribution in [0.2, 0.25) is 0 Å². The second-order valence-electron chi connectivity index (χ2n) is 4.02. The number of hydrogen-bond donors (Lipinski definition) is 1. The average molecular weight is 234 g/mol. The molecule has 15 heavy (non-hydrogen) atoms. The van der Waals surface area contributed by atoms with Gasteiger partial charge in [0.25, 0.3) is 0 Å². The molecule has 0 aromatic carbocycles. The third kappa shape index (κ3) is 3.46. The van der Waals surface area contributed by atoms with Crippen molar-refractivity contribution in [3.05, 3.63) is 0 Å². The molecule has 1 aliphatic rings. The van der Waals surface area contributed by atoms with Crippen molar-refractivity contribution < 1.29 is 13.2 Å². The Balaban J connectivity index is 2.46. The van der Waals surface area contributed by atoms with Crippen LogP contribution in [0.1, 0.15) is 19.3 Å². The lowest BCUT2D eigenvalue weighted by Crippen LogP contribution is -2.38. The number of amides is 1. The van der Waals surface area contributed by atoms with Gasteiger partial charge in [-0.15, -0.1) is 0 Å². The van der Waals surface area contributed by atoms with Crippen LogP contribution >= 0.6 is 0 Å². The van der Waals surface area contributed by atoms with Crippen LogP contribution < -0.4 is 5.32 Å². The number of carbonyl (C=O) groups excluding carboxylic acids is 1. The van der Waals surface area contributed by atoms with Gasteiger partial charge in [0.1, 0.15) is 0 Å². The molecule has 6 heteroatoms. The number of nitrogens with zero attached hydrogens (tertiary/aromatic N) is 1. The summed E-state index contributed by atoms with van der Waals surface area (Å²) < 4.78 is 24.1. The predicted molar refractivity (Wildman–Crippen MR) is 57.8 cm³/mol. The summed E-state index contributed by atoms with van der Waals surface area (Å²) in [4.78, 5) is 11.4. The monoisotopic (exact) mass is 234 g/mol. The zero-order valence-corrected chi connectivity index (χ0v) is 10.0. The number of nitrogens with one attached hydrogen (secondary N) is 1. The lowest BCUT2D eigenvalue weighted by molar-refractivity contribution is -0.126. The molecule has 0 aromatic heterocycles. The molecule has 0 bridgehead atoms. The highest BCUT2D eigenvalue weighted by Gasteiger charge is 2.24. The van der Waals surface area contributed by atoms with Crippen LogP contribution in [0.15, 0.2) is 0 Å². The molecule has 1 atom stereocenters. The minimum Gasteiger partial charge on any atom is -0.356 e. The van der Waals surface area contributed by atoms with Crippen LogP contribution in [0.4, 0.5) is 0 Å². The van der Waals surface area contributed by atoms with Gasteiger partial charge in [-0.1, -0.05) is 0 Å². The van der Waals surface area contributed by atoms with Crippen LogP contribution in [0.25, 0.3) is 0 Å². The van der Waals surface area contributed by atoms with Crippen LogP contribution in [0.3, 0.4) is 0 Å². The Morgan fingerprint density at radius 3 is 2.67 bits per heavy atom. The molecule has 0 aromatic rings. The summed E-state index contributed by atoms with van der Waals surface area (Å²) in [6.07, 6.45) is 2.17. The van der Waals surface area contributed by atoms with Crippen molar-refractivity contribution >= 4 is 15.9 Å². The third-order valence-corrected chi connectivity index (χ3v) is 4.54. The molecule has 1 unspecified atom stereocenters. The zero-order chi connectivity index (χ0) is 11.5. The number of carbonyl (C=O) groups is 1. The Labute approximate surface area is 90.9 Å². The van der Waals surface area contributed by atoms with Gasteiger partial charge in [0.05, 0.1) is 5.75 Å². The first-order valence-corrected chi connectivity index (χ1v) is 6.72. The third-order valence-electron chi connectivity index (χ3n) is 2.68. The van der Waals surface area contributed by atoms with E-state index in [4.69, 9.17) is 0 Å². The standard InChI is InChI=1S/C9H18N2O3S/c1-11(2)15(13,14)7-5-8-4-3-6-10-9(8)12/h8H,3-7H2,1-2H3,(H,10,12). The molecule has 1 fully saturated rings. The van der Waals surface area contributed by atoms with Crippen molar-refractivity contribution in [1.29, 1.82) is 0 Å². The fourth-order valence-electron chi connectivity index (χ4n) is 1.58. The number of rotatable bonds is 4. The van der Waals surface area contributed by atoms with Crippen molar-refractivity contribution in [3.63, 3.8) is 0 Å². The van der Waals surface area contributed by atoms with E-state index >= 15 is 0 Å². The van der Waals surface area contributed by atoms with Gasteiger partial charge in [0, 0.05) is 26.6 Å². The summed E-state index contributed by atoms with van der Waals surface area (Å²) >= 11 is 0. The lowest BCUT2D eigenvalue weighted by Gasteiger charge is -2.22. The maximum Gasteiger partial charge on any atom is 0.223 e. The van der Waals surface area contributed by atoms with E-state index in [1.807, 2.05) is 0 Å². The molecule has 0 saturated carbocycles. The quantitative estimate of drug-likeness (QED) is 0.732. The molecule has 1 rings (SSSR count). The fraction of sp³-hybridized carbons (Fsp3) is 0.889. The SMILES string of the molecule is CN(C)S(=O)(=O)CCC1CCCNC1=O. The summed E-state index contributed by atoms with van der Waals surface area (Å²) in [5.74, 6) is -0.0818. The van der Waals surface area contributed by atoms with Gasteiger partial charge in [0.15, 0.2) is 0 Å². The molecule has 1 amide bonds. The second-order valence-corrected chi connectivity index (χ2v) is 6.32. The van der Waals surface area contributed by atoms with Gasteiger partial charge in [-0.3, -0.25) is 4.79 Å². The van der Waals surface area contributed by atoms with E-state index in [1.165, 1.54) is 18.4 Å². The highest BCUT2D eigenvalue weighted by atomic mass is 32.2. The average Bonchev–Trinajstić information content (AvgIpc) is 2.16. The molecule has 0 aliphatic carbocycles. The van der Waals surface area contributed by atoms with E-state index in [1.54, 1.807) is 0 Å². The number of piperidine rings is 1. The van der Waals surface area contributed by atoms with Gasteiger partial charge in [0.2, 0.25) is 15.9 Å². The summed E-state index contributed by atoms with van der Waals surface area (Å²) in [6, 6.07) is 0. The molecule has 1 saturated heterocycles. The molecular formula is C9H18N2O3S. The van der Waals surface area contributed by atoms with Crippen LogP contribution in [0, 0.1) is 5.92 Å². The van der Waals surface area contributed by atoms with Crippen molar-refractivity contribution in [2.75, 3.05) is 26.4 Å². The van der Waals surface area contributed by atoms with E-state index < -0.39 is 10.0 Å². The molecule has 1 N–H and O–H groups in total. The molecule has 0 spiro atoms. The Morgan fingerprint density at radius 2 is 2.13 bits per heavy atom. The minimum atomic E-state index is -3.17. The van der Waals surface area contributed by atoms with E-state index in [9.17, 15) is 13.2 Å². The van der Waals surface area contributed by atoms with Gasteiger partial charge in [-0.2, -0.15) is 0 Å². The summed E-state index contributed by atoms with van der Waals surface area (Å²) in [5, 5.41) is 2.75. The smallest absolute Gasteiger partial charge is 0.223 e. The van der Waals surface area contributed by atoms with Gasteiger partial charge < -0.3 is 5.32 Å². The second kappa shape index (κ2) is 4.94. The van der Waals surface area contributed by atoms with Crippen molar-refractivity contribution in [1.82, 2.24) is 9.62 Å². The summed E-state index contributed by atoms with van der Waals surface area (Å²) in [7, 11) is -0.147. The van der Waals surface area contributed by atoms with E-state index in [0.717, 1.165) is 19.4 Å². The molecule has 88 valence electrons. The molecule has 5 nitrogen and oxygen atoms in total. The minimum absolute atomic E-state index is 0.00444. The molecule has 0 radical (unpaired) electrons. The largest absolute Gasteiger partial charge is 0.356 e. The van der Waals surface area contributed by atoms with Crippen molar-refractivity contribution in [2.45, 2.75) is 19.3 Å². The summed E-state index contributed by atoms with van der Waals surface area (Å²) in [5.41, 5.74) is 0. The maximum atomic E-state index is 11.5. The van der Waals surface area contributed by atoms with Crippen molar-refractivity contribution in [3.8, 4) is 0 Å². The summed E-state index contributed by atoms with van der Waals surface area (Å²) in [6.45, 7) is 0.718. The van der Waals surface area contributed by atoms with Gasteiger partial charge >= 0.3 is 0 Å². The molecular weight excluding hydrogens is 216 g/mol. The molecule has 1 aliphatic heterocycles. The van der Waals surface area contributed by atoms with E-state index in [0.29, 0.717) is 6.42 Å². The first-order valence-electron chi connectivity index (χ1n) is 5.11. The normalized spacial score (nSPS) is 22.9.